The maximum absolute atomic E-state index is 2.44. The molecule has 3 aliphatic rings. The minimum absolute atomic E-state index is 0.929. The van der Waals surface area contributed by atoms with Crippen LogP contribution in [0.25, 0.3) is 0 Å². The number of hydrazine groups is 1. The van der Waals surface area contributed by atoms with Gasteiger partial charge in [0, 0.05) is 26.2 Å². The second-order valence-electron chi connectivity index (χ2n) is 4.46. The summed E-state index contributed by atoms with van der Waals surface area (Å²) < 4.78 is 0. The lowest BCUT2D eigenvalue weighted by Gasteiger charge is -2.56. The van der Waals surface area contributed by atoms with Crippen molar-refractivity contribution in [3.63, 3.8) is 0 Å². The van der Waals surface area contributed by atoms with Gasteiger partial charge in [-0.3, -0.25) is 0 Å². The Balaban J connectivity index is 1.89. The average molecular weight is 152 g/mol. The van der Waals surface area contributed by atoms with E-state index < -0.39 is 0 Å². The van der Waals surface area contributed by atoms with Crippen molar-refractivity contribution in [1.82, 2.24) is 10.0 Å². The molecule has 1 saturated heterocycles. The van der Waals surface area contributed by atoms with Crippen molar-refractivity contribution < 1.29 is 0 Å². The van der Waals surface area contributed by atoms with E-state index >= 15 is 0 Å². The van der Waals surface area contributed by atoms with Crippen LogP contribution >= 0.6 is 0 Å². The molecule has 2 nitrogen and oxygen atoms in total. The monoisotopic (exact) mass is 152 g/mol. The molecule has 2 saturated carbocycles. The smallest absolute Gasteiger partial charge is 0.0443 e. The van der Waals surface area contributed by atoms with Crippen LogP contribution in [0.2, 0.25) is 0 Å². The minimum atomic E-state index is 0.929. The molecule has 4 atom stereocenters. The molecule has 0 spiro atoms. The zero-order valence-corrected chi connectivity index (χ0v) is 7.33. The van der Waals surface area contributed by atoms with Crippen LogP contribution in [0.5, 0.6) is 0 Å². The van der Waals surface area contributed by atoms with Crippen LogP contribution in [0, 0.1) is 11.8 Å². The molecule has 0 aromatic rings. The van der Waals surface area contributed by atoms with Gasteiger partial charge in [-0.2, -0.15) is 0 Å². The zero-order chi connectivity index (χ0) is 7.59. The highest BCUT2D eigenvalue weighted by Gasteiger charge is 2.58. The lowest BCUT2D eigenvalue weighted by Crippen LogP contribution is -2.69. The lowest BCUT2D eigenvalue weighted by molar-refractivity contribution is -0.195. The summed E-state index contributed by atoms with van der Waals surface area (Å²) in [6.07, 6.45) is 4.53. The van der Waals surface area contributed by atoms with Crippen molar-refractivity contribution in [3.8, 4) is 0 Å². The van der Waals surface area contributed by atoms with Gasteiger partial charge in [-0.05, 0) is 31.1 Å². The Morgan fingerprint density at radius 2 is 1.36 bits per heavy atom. The fraction of sp³-hybridized carbons (Fsp3) is 1.00. The van der Waals surface area contributed by atoms with Crippen LogP contribution in [-0.2, 0) is 0 Å². The first kappa shape index (κ1) is 6.44. The highest BCUT2D eigenvalue weighted by molar-refractivity contribution is 5.09. The molecular weight excluding hydrogens is 136 g/mol. The standard InChI is InChI=1S/C9H16N2/c1-10-8-6-3-4-7(5-6)9(8)11(10)2/h6-9H,3-5H2,1-2H3. The molecule has 4 unspecified atom stereocenters. The molecule has 2 bridgehead atoms. The third-order valence-corrected chi connectivity index (χ3v) is 4.19. The van der Waals surface area contributed by atoms with Crippen molar-refractivity contribution in [3.05, 3.63) is 0 Å². The molecule has 0 aromatic carbocycles. The van der Waals surface area contributed by atoms with E-state index in [2.05, 4.69) is 24.1 Å². The Labute approximate surface area is 68.1 Å². The number of rotatable bonds is 0. The lowest BCUT2D eigenvalue weighted by atomic mass is 9.86. The fourth-order valence-electron chi connectivity index (χ4n) is 3.63. The molecule has 1 heterocycles. The first-order valence-corrected chi connectivity index (χ1v) is 4.74. The summed E-state index contributed by atoms with van der Waals surface area (Å²) in [7, 11) is 4.48. The van der Waals surface area contributed by atoms with E-state index in [9.17, 15) is 0 Å². The van der Waals surface area contributed by atoms with Crippen molar-refractivity contribution in [1.29, 1.82) is 0 Å². The molecule has 0 amide bonds. The summed E-state index contributed by atoms with van der Waals surface area (Å²) >= 11 is 0. The van der Waals surface area contributed by atoms with Crippen LogP contribution in [0.1, 0.15) is 19.3 Å². The molecule has 11 heavy (non-hydrogen) atoms. The quantitative estimate of drug-likeness (QED) is 0.510. The SMILES string of the molecule is CN1C2C3CCC(C3)C2N1C. The molecule has 3 fully saturated rings. The summed E-state index contributed by atoms with van der Waals surface area (Å²) in [4.78, 5) is 0. The summed E-state index contributed by atoms with van der Waals surface area (Å²) in [6, 6.07) is 1.86. The maximum Gasteiger partial charge on any atom is 0.0443 e. The Morgan fingerprint density at radius 1 is 0.909 bits per heavy atom. The summed E-state index contributed by atoms with van der Waals surface area (Å²) in [5.74, 6) is 2.09. The van der Waals surface area contributed by atoms with Crippen molar-refractivity contribution in [2.75, 3.05) is 14.1 Å². The number of fused-ring (bicyclic) bond motifs is 5. The normalized spacial score (nSPS) is 56.2. The molecule has 0 N–H and O–H groups in total. The van der Waals surface area contributed by atoms with E-state index in [4.69, 9.17) is 0 Å². The number of nitrogens with zero attached hydrogens (tertiary/aromatic N) is 2. The largest absolute Gasteiger partial charge is 0.240 e. The highest BCUT2D eigenvalue weighted by atomic mass is 15.7. The van der Waals surface area contributed by atoms with E-state index in [1.165, 1.54) is 19.3 Å². The molecular formula is C9H16N2. The first-order chi connectivity index (χ1) is 5.29. The predicted octanol–water partition coefficient (Wildman–Crippen LogP) is 0.946. The van der Waals surface area contributed by atoms with Gasteiger partial charge >= 0.3 is 0 Å². The predicted molar refractivity (Wildman–Crippen MR) is 43.9 cm³/mol. The van der Waals surface area contributed by atoms with E-state index in [1.54, 1.807) is 0 Å². The van der Waals surface area contributed by atoms with Gasteiger partial charge in [0.1, 0.15) is 0 Å². The van der Waals surface area contributed by atoms with Gasteiger partial charge in [-0.1, -0.05) is 0 Å². The molecule has 3 rings (SSSR count). The second-order valence-corrected chi connectivity index (χ2v) is 4.46. The Bertz CT molecular complexity index is 172. The van der Waals surface area contributed by atoms with Gasteiger partial charge in [-0.25, -0.2) is 10.0 Å². The van der Waals surface area contributed by atoms with Crippen LogP contribution < -0.4 is 0 Å². The molecule has 2 aliphatic carbocycles. The second kappa shape index (κ2) is 1.80. The Kier molecular flexibility index (Phi) is 1.06. The van der Waals surface area contributed by atoms with Gasteiger partial charge in [0.15, 0.2) is 0 Å². The van der Waals surface area contributed by atoms with Crippen LogP contribution in [0.3, 0.4) is 0 Å². The summed E-state index contributed by atoms with van der Waals surface area (Å²) in [6.45, 7) is 0. The van der Waals surface area contributed by atoms with Gasteiger partial charge in [0.2, 0.25) is 0 Å². The van der Waals surface area contributed by atoms with E-state index in [0.29, 0.717) is 0 Å². The Hall–Kier alpha value is -0.0800. The third kappa shape index (κ3) is 0.574. The molecule has 0 radical (unpaired) electrons. The maximum atomic E-state index is 2.44. The van der Waals surface area contributed by atoms with E-state index in [-0.39, 0.29) is 0 Å². The molecule has 62 valence electrons. The summed E-state index contributed by atoms with van der Waals surface area (Å²) in [5, 5.41) is 4.88. The third-order valence-electron chi connectivity index (χ3n) is 4.19. The van der Waals surface area contributed by atoms with E-state index in [1.807, 2.05) is 0 Å². The highest BCUT2D eigenvalue weighted by Crippen LogP contribution is 2.53. The van der Waals surface area contributed by atoms with Crippen LogP contribution in [-0.4, -0.2) is 36.2 Å². The van der Waals surface area contributed by atoms with Gasteiger partial charge in [0.25, 0.3) is 0 Å². The molecule has 0 aromatic heterocycles. The van der Waals surface area contributed by atoms with Crippen LogP contribution in [0.4, 0.5) is 0 Å². The van der Waals surface area contributed by atoms with Gasteiger partial charge in [0.05, 0.1) is 0 Å². The Morgan fingerprint density at radius 3 is 1.82 bits per heavy atom. The minimum Gasteiger partial charge on any atom is -0.240 e. The summed E-state index contributed by atoms with van der Waals surface area (Å²) in [5.41, 5.74) is 0. The fourth-order valence-corrected chi connectivity index (χ4v) is 3.63. The van der Waals surface area contributed by atoms with Crippen LogP contribution in [0.15, 0.2) is 0 Å². The topological polar surface area (TPSA) is 6.48 Å². The average Bonchev–Trinajstić information content (AvgIpc) is 2.58. The van der Waals surface area contributed by atoms with Crippen molar-refractivity contribution in [2.45, 2.75) is 31.3 Å². The number of likely N-dealkylation sites (N-methyl/N-ethyl adjacent to an activating group) is 2. The van der Waals surface area contributed by atoms with E-state index in [0.717, 1.165) is 23.9 Å². The van der Waals surface area contributed by atoms with Crippen molar-refractivity contribution >= 4 is 0 Å². The van der Waals surface area contributed by atoms with Gasteiger partial charge < -0.3 is 0 Å². The molecule has 1 aliphatic heterocycles. The van der Waals surface area contributed by atoms with Gasteiger partial charge in [-0.15, -0.1) is 0 Å². The number of hydrogen-bond donors (Lipinski definition) is 0. The van der Waals surface area contributed by atoms with Crippen molar-refractivity contribution in [2.24, 2.45) is 11.8 Å². The zero-order valence-electron chi connectivity index (χ0n) is 7.33. The number of hydrogen-bond acceptors (Lipinski definition) is 2. The first-order valence-electron chi connectivity index (χ1n) is 4.74. The molecule has 2 heteroatoms.